The summed E-state index contributed by atoms with van der Waals surface area (Å²) >= 11 is 4.65. The summed E-state index contributed by atoms with van der Waals surface area (Å²) in [5, 5.41) is 0. The number of aromatic nitrogens is 1. The summed E-state index contributed by atoms with van der Waals surface area (Å²) in [6.45, 7) is 7.64. The third-order valence-electron chi connectivity index (χ3n) is 6.51. The van der Waals surface area contributed by atoms with Gasteiger partial charge in [-0.3, -0.25) is 14.2 Å². The number of fused-ring (bicyclic) bond motifs is 2. The minimum atomic E-state index is -0.779. The lowest BCUT2D eigenvalue weighted by atomic mass is 9.95. The van der Waals surface area contributed by atoms with Crippen LogP contribution in [0.4, 0.5) is 5.69 Å². The van der Waals surface area contributed by atoms with Gasteiger partial charge in [-0.15, -0.1) is 0 Å². The molecule has 2 aromatic carbocycles. The van der Waals surface area contributed by atoms with E-state index in [4.69, 9.17) is 9.47 Å². The van der Waals surface area contributed by atoms with Crippen molar-refractivity contribution in [2.24, 2.45) is 4.99 Å². The van der Waals surface area contributed by atoms with E-state index in [0.717, 1.165) is 21.5 Å². The van der Waals surface area contributed by atoms with Crippen molar-refractivity contribution in [3.63, 3.8) is 0 Å². The number of anilines is 1. The second-order valence-electron chi connectivity index (χ2n) is 9.22. The Balaban J connectivity index is 1.81. The fourth-order valence-electron chi connectivity index (χ4n) is 4.85. The van der Waals surface area contributed by atoms with E-state index in [0.29, 0.717) is 39.5 Å². The number of nitrogens with zero attached hydrogens (tertiary/aromatic N) is 3. The molecule has 5 rings (SSSR count). The number of hydrogen-bond acceptors (Lipinski definition) is 7. The van der Waals surface area contributed by atoms with Crippen LogP contribution in [0.3, 0.4) is 0 Å². The molecule has 10 heteroatoms. The molecule has 0 N–H and O–H groups in total. The monoisotopic (exact) mass is 595 g/mol. The van der Waals surface area contributed by atoms with Gasteiger partial charge in [-0.2, -0.15) is 0 Å². The molecule has 0 aliphatic carbocycles. The Morgan fingerprint density at radius 2 is 1.87 bits per heavy atom. The summed E-state index contributed by atoms with van der Waals surface area (Å²) in [5.41, 5.74) is 2.84. The van der Waals surface area contributed by atoms with Crippen molar-refractivity contribution in [1.29, 1.82) is 0 Å². The fourth-order valence-corrected chi connectivity index (χ4v) is 6.35. The van der Waals surface area contributed by atoms with Crippen molar-refractivity contribution in [1.82, 2.24) is 4.57 Å². The van der Waals surface area contributed by atoms with Gasteiger partial charge in [0.25, 0.3) is 11.5 Å². The van der Waals surface area contributed by atoms with Crippen LogP contribution in [-0.2, 0) is 14.3 Å². The Bertz CT molecular complexity index is 1680. The lowest BCUT2D eigenvalue weighted by Crippen LogP contribution is -2.41. The summed E-state index contributed by atoms with van der Waals surface area (Å²) in [4.78, 5) is 47.7. The van der Waals surface area contributed by atoms with Crippen molar-refractivity contribution < 1.29 is 19.1 Å². The molecule has 0 fully saturated rings. The third-order valence-corrected chi connectivity index (χ3v) is 8.06. The van der Waals surface area contributed by atoms with E-state index in [9.17, 15) is 14.4 Å². The second kappa shape index (κ2) is 9.99. The molecule has 1 atom stereocenters. The van der Waals surface area contributed by atoms with Crippen LogP contribution in [0.1, 0.15) is 44.9 Å². The van der Waals surface area contributed by atoms with Gasteiger partial charge in [0, 0.05) is 16.6 Å². The number of methoxy groups -OCH3 is 1. The maximum atomic E-state index is 14.2. The zero-order valence-corrected chi connectivity index (χ0v) is 24.0. The van der Waals surface area contributed by atoms with Crippen molar-refractivity contribution in [2.45, 2.75) is 39.8 Å². The van der Waals surface area contributed by atoms with Crippen LogP contribution < -0.4 is 24.5 Å². The number of esters is 1. The molecule has 1 aromatic heterocycles. The Labute approximate surface area is 231 Å². The number of hydrogen-bond donors (Lipinski definition) is 0. The highest BCUT2D eigenvalue weighted by molar-refractivity contribution is 9.10. The van der Waals surface area contributed by atoms with E-state index in [2.05, 4.69) is 20.9 Å². The molecule has 196 valence electrons. The predicted octanol–water partition coefficient (Wildman–Crippen LogP) is 3.69. The highest BCUT2D eigenvalue weighted by Crippen LogP contribution is 2.37. The van der Waals surface area contributed by atoms with Gasteiger partial charge in [-0.25, -0.2) is 9.79 Å². The molecule has 1 amide bonds. The predicted molar refractivity (Wildman–Crippen MR) is 149 cm³/mol. The van der Waals surface area contributed by atoms with E-state index in [-0.39, 0.29) is 27.7 Å². The molecule has 0 saturated heterocycles. The number of thiazole rings is 1. The Kier molecular flexibility index (Phi) is 6.87. The van der Waals surface area contributed by atoms with Crippen LogP contribution in [0.2, 0.25) is 0 Å². The second-order valence-corrected chi connectivity index (χ2v) is 11.1. The van der Waals surface area contributed by atoms with Crippen LogP contribution >= 0.6 is 27.3 Å². The van der Waals surface area contributed by atoms with Gasteiger partial charge < -0.3 is 14.4 Å². The highest BCUT2D eigenvalue weighted by atomic mass is 79.9. The average molecular weight is 597 g/mol. The number of allylic oxidation sites excluding steroid dienone is 1. The maximum Gasteiger partial charge on any atom is 0.338 e. The van der Waals surface area contributed by atoms with E-state index in [1.807, 2.05) is 37.3 Å². The number of carbonyl (C=O) groups is 2. The third kappa shape index (κ3) is 4.21. The molecule has 8 nitrogen and oxygen atoms in total. The zero-order chi connectivity index (χ0) is 27.3. The van der Waals surface area contributed by atoms with Gasteiger partial charge in [0.2, 0.25) is 0 Å². The molecule has 0 bridgehead atoms. The van der Waals surface area contributed by atoms with Crippen molar-refractivity contribution >= 4 is 50.4 Å². The molecule has 3 aromatic rings. The first-order valence-electron chi connectivity index (χ1n) is 12.2. The number of amides is 1. The van der Waals surface area contributed by atoms with E-state index in [1.54, 1.807) is 44.9 Å². The first-order chi connectivity index (χ1) is 18.2. The molecule has 2 aliphatic rings. The minimum absolute atomic E-state index is 0.234. The molecule has 0 spiro atoms. The molecule has 0 unspecified atom stereocenters. The van der Waals surface area contributed by atoms with Crippen LogP contribution in [0.15, 0.2) is 68.0 Å². The lowest BCUT2D eigenvalue weighted by Gasteiger charge is -2.25. The van der Waals surface area contributed by atoms with Gasteiger partial charge >= 0.3 is 5.97 Å². The first kappa shape index (κ1) is 26.1. The summed E-state index contributed by atoms with van der Waals surface area (Å²) in [6, 6.07) is 12.0. The number of likely N-dealkylation sites (N-methyl/N-ethyl adjacent to an activating group) is 1. The van der Waals surface area contributed by atoms with Gasteiger partial charge in [0.1, 0.15) is 10.3 Å². The number of benzene rings is 2. The Morgan fingerprint density at radius 3 is 2.50 bits per heavy atom. The topological polar surface area (TPSA) is 90.2 Å². The van der Waals surface area contributed by atoms with Crippen molar-refractivity contribution in [2.75, 3.05) is 18.6 Å². The normalized spacial score (nSPS) is 17.9. The smallest absolute Gasteiger partial charge is 0.338 e. The van der Waals surface area contributed by atoms with Gasteiger partial charge in [-0.1, -0.05) is 39.4 Å². The molecule has 3 heterocycles. The summed E-state index contributed by atoms with van der Waals surface area (Å²) in [7, 11) is 1.57. The van der Waals surface area contributed by atoms with E-state index >= 15 is 0 Å². The van der Waals surface area contributed by atoms with Crippen LogP contribution in [-0.4, -0.2) is 36.2 Å². The van der Waals surface area contributed by atoms with E-state index in [1.165, 1.54) is 4.57 Å². The highest BCUT2D eigenvalue weighted by Gasteiger charge is 2.37. The molecular weight excluding hydrogens is 570 g/mol. The number of halogens is 1. The molecule has 0 saturated carbocycles. The standard InChI is InChI=1S/C28H26BrN3O5S/c1-6-31-20-12-9-17(29)13-19(20)22(25(31)33)24-26(34)32-23(16-7-10-18(36-5)11-8-16)21(27(35)37-14(2)3)15(4)30-28(32)38-24/h7-14,23H,6H2,1-5H3/b24-22+/t23-/m1/s1. The fraction of sp³-hybridized carbons (Fsp3) is 0.286. The van der Waals surface area contributed by atoms with Gasteiger partial charge in [0.05, 0.1) is 41.8 Å². The largest absolute Gasteiger partial charge is 0.497 e. The SMILES string of the molecule is CCN1C(=O)/C(=c2/sc3n(c2=O)[C@H](c2ccc(OC)cc2)C(C(=O)OC(C)C)=C(C)N=3)c2cc(Br)ccc21. The van der Waals surface area contributed by atoms with Crippen LogP contribution in [0.25, 0.3) is 5.57 Å². The Morgan fingerprint density at radius 1 is 1.16 bits per heavy atom. The van der Waals surface area contributed by atoms with Crippen LogP contribution in [0.5, 0.6) is 5.75 Å². The molecular formula is C28H26BrN3O5S. The van der Waals surface area contributed by atoms with Crippen molar-refractivity contribution in [3.8, 4) is 5.75 Å². The summed E-state index contributed by atoms with van der Waals surface area (Å²) < 4.78 is 13.5. The summed E-state index contributed by atoms with van der Waals surface area (Å²) in [6.07, 6.45) is -0.350. The maximum absolute atomic E-state index is 14.2. The number of ether oxygens (including phenoxy) is 2. The minimum Gasteiger partial charge on any atom is -0.497 e. The van der Waals surface area contributed by atoms with Crippen molar-refractivity contribution in [3.05, 3.63) is 89.0 Å². The molecule has 38 heavy (non-hydrogen) atoms. The molecule has 0 radical (unpaired) electrons. The number of carbonyl (C=O) groups excluding carboxylic acids is 2. The first-order valence-corrected chi connectivity index (χ1v) is 13.8. The van der Waals surface area contributed by atoms with E-state index < -0.39 is 12.0 Å². The quantitative estimate of drug-likeness (QED) is 0.420. The summed E-state index contributed by atoms with van der Waals surface area (Å²) in [5.74, 6) is -0.126. The van der Waals surface area contributed by atoms with Gasteiger partial charge in [-0.05, 0) is 63.6 Å². The van der Waals surface area contributed by atoms with Crippen LogP contribution in [0, 0.1) is 0 Å². The zero-order valence-electron chi connectivity index (χ0n) is 21.6. The Hall–Kier alpha value is -3.50. The molecule has 2 aliphatic heterocycles. The van der Waals surface area contributed by atoms with Gasteiger partial charge in [0.15, 0.2) is 4.80 Å². The number of rotatable bonds is 5. The average Bonchev–Trinajstić information content (AvgIpc) is 3.34. The lowest BCUT2D eigenvalue weighted by molar-refractivity contribution is -0.143.